The van der Waals surface area contributed by atoms with Crippen molar-refractivity contribution in [3.63, 3.8) is 0 Å². The summed E-state index contributed by atoms with van der Waals surface area (Å²) in [4.78, 5) is 14.5. The van der Waals surface area contributed by atoms with Crippen molar-refractivity contribution in [1.29, 1.82) is 5.26 Å². The van der Waals surface area contributed by atoms with Crippen LogP contribution in [-0.4, -0.2) is 18.5 Å². The molecule has 1 N–H and O–H groups in total. The molecule has 98 valence electrons. The first-order valence-electron chi connectivity index (χ1n) is 6.64. The second-order valence-corrected chi connectivity index (χ2v) is 6.02. The molecule has 1 amide bonds. The van der Waals surface area contributed by atoms with Crippen molar-refractivity contribution in [1.82, 2.24) is 0 Å². The van der Waals surface area contributed by atoms with E-state index in [1.165, 1.54) is 0 Å². The molecule has 1 atom stereocenters. The number of carbonyl (C=O) groups is 1. The van der Waals surface area contributed by atoms with Crippen LogP contribution in [0.15, 0.2) is 18.2 Å². The predicted octanol–water partition coefficient (Wildman–Crippen LogP) is 2.51. The number of rotatable bonds is 0. The van der Waals surface area contributed by atoms with Gasteiger partial charge in [0.15, 0.2) is 0 Å². The molecule has 2 aliphatic rings. The van der Waals surface area contributed by atoms with E-state index < -0.39 is 0 Å². The van der Waals surface area contributed by atoms with E-state index in [9.17, 15) is 4.79 Å². The first kappa shape index (κ1) is 12.0. The zero-order valence-corrected chi connectivity index (χ0v) is 11.2. The molecule has 0 aliphatic carbocycles. The van der Waals surface area contributed by atoms with Crippen LogP contribution < -0.4 is 10.2 Å². The van der Waals surface area contributed by atoms with Gasteiger partial charge in [0.1, 0.15) is 6.04 Å². The van der Waals surface area contributed by atoms with Crippen LogP contribution in [0.5, 0.6) is 0 Å². The largest absolute Gasteiger partial charge is 0.357 e. The van der Waals surface area contributed by atoms with E-state index in [2.05, 4.69) is 30.1 Å². The van der Waals surface area contributed by atoms with Crippen molar-refractivity contribution in [3.8, 4) is 6.07 Å². The van der Waals surface area contributed by atoms with Crippen molar-refractivity contribution in [2.24, 2.45) is 5.41 Å². The lowest BCUT2D eigenvalue weighted by Gasteiger charge is -2.49. The Hall–Kier alpha value is -2.02. The van der Waals surface area contributed by atoms with Crippen molar-refractivity contribution >= 4 is 17.3 Å². The maximum atomic E-state index is 12.3. The monoisotopic (exact) mass is 255 g/mol. The molecule has 4 heteroatoms. The number of nitriles is 1. The Morgan fingerprint density at radius 3 is 3.00 bits per heavy atom. The highest BCUT2D eigenvalue weighted by Gasteiger charge is 2.45. The maximum Gasteiger partial charge on any atom is 0.247 e. The lowest BCUT2D eigenvalue weighted by Crippen LogP contribution is -2.58. The van der Waals surface area contributed by atoms with Crippen LogP contribution in [0.2, 0.25) is 0 Å². The van der Waals surface area contributed by atoms with Crippen LogP contribution in [0.25, 0.3) is 0 Å². The van der Waals surface area contributed by atoms with Gasteiger partial charge in [-0.15, -0.1) is 0 Å². The number of hydrogen-bond donors (Lipinski definition) is 1. The minimum absolute atomic E-state index is 0.0390. The number of amides is 1. The minimum atomic E-state index is -0.136. The Labute approximate surface area is 113 Å². The van der Waals surface area contributed by atoms with Gasteiger partial charge in [-0.1, -0.05) is 13.8 Å². The van der Waals surface area contributed by atoms with Crippen molar-refractivity contribution in [2.75, 3.05) is 16.8 Å². The first-order chi connectivity index (χ1) is 9.03. The second-order valence-electron chi connectivity index (χ2n) is 6.02. The summed E-state index contributed by atoms with van der Waals surface area (Å²) in [5.41, 5.74) is 2.40. The number of nitrogens with zero attached hydrogens (tertiary/aromatic N) is 2. The molecule has 2 aliphatic heterocycles. The van der Waals surface area contributed by atoms with Crippen molar-refractivity contribution < 1.29 is 4.79 Å². The highest BCUT2D eigenvalue weighted by Crippen LogP contribution is 2.43. The van der Waals surface area contributed by atoms with Gasteiger partial charge in [0.05, 0.1) is 23.0 Å². The van der Waals surface area contributed by atoms with Gasteiger partial charge in [-0.05, 0) is 36.5 Å². The molecule has 0 saturated carbocycles. The molecular weight excluding hydrogens is 238 g/mol. The van der Waals surface area contributed by atoms with E-state index in [0.29, 0.717) is 5.56 Å². The molecule has 1 saturated heterocycles. The van der Waals surface area contributed by atoms with Crippen molar-refractivity contribution in [3.05, 3.63) is 23.8 Å². The summed E-state index contributed by atoms with van der Waals surface area (Å²) in [5, 5.41) is 12.0. The van der Waals surface area contributed by atoms with E-state index in [4.69, 9.17) is 5.26 Å². The number of nitrogens with one attached hydrogen (secondary N) is 1. The SMILES string of the molecule is CC1(C)CCCN2c3cc(C#N)ccc3NC(=O)C21. The summed E-state index contributed by atoms with van der Waals surface area (Å²) in [6.07, 6.45) is 2.13. The normalized spacial score (nSPS) is 23.9. The molecule has 1 fully saturated rings. The standard InChI is InChI=1S/C15H17N3O/c1-15(2)6-3-7-18-12-8-10(9-16)4-5-11(12)17-14(19)13(15)18/h4-5,8,13H,3,6-7H2,1-2H3,(H,17,19). The summed E-state index contributed by atoms with van der Waals surface area (Å²) in [6.45, 7) is 5.16. The molecule has 3 rings (SSSR count). The van der Waals surface area contributed by atoms with Gasteiger partial charge < -0.3 is 10.2 Å². The molecule has 0 aromatic heterocycles. The Morgan fingerprint density at radius 1 is 1.47 bits per heavy atom. The number of piperidine rings is 1. The van der Waals surface area contributed by atoms with Gasteiger partial charge >= 0.3 is 0 Å². The van der Waals surface area contributed by atoms with Gasteiger partial charge in [0.2, 0.25) is 5.91 Å². The van der Waals surface area contributed by atoms with Gasteiger partial charge in [-0.25, -0.2) is 0 Å². The molecule has 0 spiro atoms. The molecule has 2 heterocycles. The number of benzene rings is 1. The predicted molar refractivity (Wildman–Crippen MR) is 73.9 cm³/mol. The van der Waals surface area contributed by atoms with Crippen LogP contribution in [0, 0.1) is 16.7 Å². The Bertz CT molecular complexity index is 586. The highest BCUT2D eigenvalue weighted by atomic mass is 16.2. The van der Waals surface area contributed by atoms with Crippen LogP contribution in [-0.2, 0) is 4.79 Å². The Balaban J connectivity index is 2.11. The van der Waals surface area contributed by atoms with Crippen LogP contribution in [0.4, 0.5) is 11.4 Å². The highest BCUT2D eigenvalue weighted by molar-refractivity contribution is 6.04. The fraction of sp³-hybridized carbons (Fsp3) is 0.467. The molecule has 1 aromatic rings. The molecule has 1 aromatic carbocycles. The van der Waals surface area contributed by atoms with E-state index in [0.717, 1.165) is 30.8 Å². The number of anilines is 2. The quantitative estimate of drug-likeness (QED) is 0.775. The average molecular weight is 255 g/mol. The van der Waals surface area contributed by atoms with E-state index in [-0.39, 0.29) is 17.4 Å². The Morgan fingerprint density at radius 2 is 2.26 bits per heavy atom. The molecular formula is C15H17N3O. The summed E-state index contributed by atoms with van der Waals surface area (Å²) in [6, 6.07) is 7.47. The van der Waals surface area contributed by atoms with E-state index in [1.807, 2.05) is 12.1 Å². The summed E-state index contributed by atoms with van der Waals surface area (Å²) >= 11 is 0. The van der Waals surface area contributed by atoms with E-state index in [1.54, 1.807) is 6.07 Å². The lowest BCUT2D eigenvalue weighted by molar-refractivity contribution is -0.120. The molecule has 19 heavy (non-hydrogen) atoms. The van der Waals surface area contributed by atoms with Gasteiger partial charge in [-0.2, -0.15) is 5.26 Å². The summed E-state index contributed by atoms with van der Waals surface area (Å²) < 4.78 is 0. The molecule has 0 radical (unpaired) electrons. The summed E-state index contributed by atoms with van der Waals surface area (Å²) in [5.74, 6) is 0.0712. The average Bonchev–Trinajstić information content (AvgIpc) is 2.37. The van der Waals surface area contributed by atoms with Crippen LogP contribution in [0.3, 0.4) is 0 Å². The maximum absolute atomic E-state index is 12.3. The topological polar surface area (TPSA) is 56.1 Å². The van der Waals surface area contributed by atoms with Crippen LogP contribution in [0.1, 0.15) is 32.3 Å². The lowest BCUT2D eigenvalue weighted by atomic mass is 9.75. The zero-order valence-electron chi connectivity index (χ0n) is 11.2. The zero-order chi connectivity index (χ0) is 13.6. The first-order valence-corrected chi connectivity index (χ1v) is 6.64. The third kappa shape index (κ3) is 1.77. The fourth-order valence-corrected chi connectivity index (χ4v) is 3.29. The third-order valence-electron chi connectivity index (χ3n) is 4.21. The Kier molecular flexibility index (Phi) is 2.53. The smallest absolute Gasteiger partial charge is 0.247 e. The molecule has 1 unspecified atom stereocenters. The fourth-order valence-electron chi connectivity index (χ4n) is 3.29. The number of carbonyl (C=O) groups excluding carboxylic acids is 1. The molecule has 0 bridgehead atoms. The van der Waals surface area contributed by atoms with Gasteiger partial charge in [-0.3, -0.25) is 4.79 Å². The minimum Gasteiger partial charge on any atom is -0.357 e. The number of hydrogen-bond acceptors (Lipinski definition) is 3. The van der Waals surface area contributed by atoms with Crippen molar-refractivity contribution in [2.45, 2.75) is 32.7 Å². The van der Waals surface area contributed by atoms with Crippen LogP contribution >= 0.6 is 0 Å². The van der Waals surface area contributed by atoms with Gasteiger partial charge in [0, 0.05) is 6.54 Å². The second kappa shape index (κ2) is 3.99. The number of fused-ring (bicyclic) bond motifs is 3. The van der Waals surface area contributed by atoms with E-state index >= 15 is 0 Å². The molecule has 4 nitrogen and oxygen atoms in total. The summed E-state index contributed by atoms with van der Waals surface area (Å²) in [7, 11) is 0. The van der Waals surface area contributed by atoms with Gasteiger partial charge in [0.25, 0.3) is 0 Å². The third-order valence-corrected chi connectivity index (χ3v) is 4.21.